The molecule has 0 amide bonds. The molecule has 0 aromatic heterocycles. The predicted octanol–water partition coefficient (Wildman–Crippen LogP) is 2.07. The number of carbonyl (C=O) groups is 1. The van der Waals surface area contributed by atoms with Crippen molar-refractivity contribution in [3.8, 4) is 0 Å². The van der Waals surface area contributed by atoms with Crippen LogP contribution in [0.5, 0.6) is 0 Å². The van der Waals surface area contributed by atoms with Crippen molar-refractivity contribution in [1.29, 1.82) is 0 Å². The molecule has 110 valence electrons. The number of carboxylic acid groups (broad SMARTS) is 1. The van der Waals surface area contributed by atoms with Gasteiger partial charge < -0.3 is 5.11 Å². The fourth-order valence-electron chi connectivity index (χ4n) is 2.70. The van der Waals surface area contributed by atoms with Crippen LogP contribution in [0.1, 0.15) is 31.4 Å². The van der Waals surface area contributed by atoms with Crippen molar-refractivity contribution in [2.45, 2.75) is 38.4 Å². The second-order valence-electron chi connectivity index (χ2n) is 5.87. The number of fused-ring (bicyclic) bond motifs is 1. The molecule has 5 heteroatoms. The van der Waals surface area contributed by atoms with E-state index in [1.807, 2.05) is 24.3 Å². The van der Waals surface area contributed by atoms with Gasteiger partial charge in [-0.15, -0.1) is 0 Å². The van der Waals surface area contributed by atoms with E-state index < -0.39 is 26.5 Å². The smallest absolute Gasteiger partial charge is 0.310 e. The summed E-state index contributed by atoms with van der Waals surface area (Å²) in [6.45, 7) is 3.26. The standard InChI is InChI=1S/C15H20O4S/c1-11(2)20(18,19)8-7-15(14(16)17)9-12-5-3-4-6-13(12)10-15/h3-6,11H,7-10H2,1-2H3,(H,16,17). The second-order valence-corrected chi connectivity index (χ2v) is 8.55. The molecule has 1 aliphatic carbocycles. The molecule has 4 nitrogen and oxygen atoms in total. The minimum absolute atomic E-state index is 0.0645. The van der Waals surface area contributed by atoms with E-state index in [4.69, 9.17) is 0 Å². The van der Waals surface area contributed by atoms with Crippen LogP contribution in [0.25, 0.3) is 0 Å². The molecule has 0 heterocycles. The molecule has 0 bridgehead atoms. The molecule has 0 atom stereocenters. The molecule has 0 spiro atoms. The molecule has 1 aliphatic rings. The first-order valence-electron chi connectivity index (χ1n) is 6.79. The SMILES string of the molecule is CC(C)S(=O)(=O)CCC1(C(=O)O)Cc2ccccc2C1. The molecule has 0 saturated heterocycles. The van der Waals surface area contributed by atoms with Crippen molar-refractivity contribution in [2.24, 2.45) is 5.41 Å². The molecule has 1 aromatic rings. The lowest BCUT2D eigenvalue weighted by molar-refractivity contribution is -0.148. The van der Waals surface area contributed by atoms with Crippen LogP contribution in [0.4, 0.5) is 0 Å². The van der Waals surface area contributed by atoms with Crippen LogP contribution in [0.3, 0.4) is 0 Å². The van der Waals surface area contributed by atoms with Crippen molar-refractivity contribution >= 4 is 15.8 Å². The third-order valence-corrected chi connectivity index (χ3v) is 6.42. The lowest BCUT2D eigenvalue weighted by Crippen LogP contribution is -2.35. The van der Waals surface area contributed by atoms with Gasteiger partial charge in [0.05, 0.1) is 16.4 Å². The van der Waals surface area contributed by atoms with Crippen LogP contribution in [-0.2, 0) is 27.5 Å². The van der Waals surface area contributed by atoms with Gasteiger partial charge in [-0.05, 0) is 44.2 Å². The number of hydrogen-bond acceptors (Lipinski definition) is 3. The van der Waals surface area contributed by atoms with Gasteiger partial charge in [0.15, 0.2) is 9.84 Å². The third-order valence-electron chi connectivity index (χ3n) is 4.21. The highest BCUT2D eigenvalue weighted by atomic mass is 32.2. The van der Waals surface area contributed by atoms with Gasteiger partial charge >= 0.3 is 5.97 Å². The lowest BCUT2D eigenvalue weighted by Gasteiger charge is -2.24. The summed E-state index contributed by atoms with van der Waals surface area (Å²) in [6.07, 6.45) is 1.02. The van der Waals surface area contributed by atoms with Gasteiger partial charge in [0.25, 0.3) is 0 Å². The molecule has 0 saturated carbocycles. The maximum absolute atomic E-state index is 11.9. The van der Waals surface area contributed by atoms with E-state index >= 15 is 0 Å². The third kappa shape index (κ3) is 2.73. The van der Waals surface area contributed by atoms with E-state index in [1.165, 1.54) is 0 Å². The maximum atomic E-state index is 11.9. The first-order valence-corrected chi connectivity index (χ1v) is 8.50. The zero-order valence-corrected chi connectivity index (χ0v) is 12.6. The number of benzene rings is 1. The average molecular weight is 296 g/mol. The minimum atomic E-state index is -3.21. The average Bonchev–Trinajstić information content (AvgIpc) is 2.76. The molecule has 0 aliphatic heterocycles. The molecular weight excluding hydrogens is 276 g/mol. The summed E-state index contributed by atoms with van der Waals surface area (Å²) in [6, 6.07) is 7.64. The quantitative estimate of drug-likeness (QED) is 0.903. The largest absolute Gasteiger partial charge is 0.481 e. The Morgan fingerprint density at radius 3 is 2.15 bits per heavy atom. The summed E-state index contributed by atoms with van der Waals surface area (Å²) in [5, 5.41) is 9.12. The number of aliphatic carboxylic acids is 1. The number of hydrogen-bond donors (Lipinski definition) is 1. The Bertz CT molecular complexity index is 592. The van der Waals surface area contributed by atoms with Gasteiger partial charge in [-0.1, -0.05) is 24.3 Å². The first kappa shape index (κ1) is 15.0. The Kier molecular flexibility index (Phi) is 3.91. The molecule has 0 unspecified atom stereocenters. The monoisotopic (exact) mass is 296 g/mol. The van der Waals surface area contributed by atoms with Crippen LogP contribution in [0.15, 0.2) is 24.3 Å². The van der Waals surface area contributed by atoms with Gasteiger partial charge in [0.1, 0.15) is 0 Å². The molecule has 0 fully saturated rings. The van der Waals surface area contributed by atoms with E-state index in [-0.39, 0.29) is 12.2 Å². The molecule has 2 rings (SSSR count). The maximum Gasteiger partial charge on any atom is 0.310 e. The Morgan fingerprint density at radius 2 is 1.75 bits per heavy atom. The molecule has 0 radical (unpaired) electrons. The van der Waals surface area contributed by atoms with Crippen molar-refractivity contribution in [3.05, 3.63) is 35.4 Å². The van der Waals surface area contributed by atoms with Crippen molar-refractivity contribution in [2.75, 3.05) is 5.75 Å². The summed E-state index contributed by atoms with van der Waals surface area (Å²) >= 11 is 0. The number of carboxylic acids is 1. The van der Waals surface area contributed by atoms with E-state index in [2.05, 4.69) is 0 Å². The second kappa shape index (κ2) is 5.20. The summed E-state index contributed by atoms with van der Waals surface area (Å²) in [5.41, 5.74) is 1.08. The van der Waals surface area contributed by atoms with Crippen LogP contribution in [0.2, 0.25) is 0 Å². The highest BCUT2D eigenvalue weighted by Crippen LogP contribution is 2.40. The van der Waals surface area contributed by atoms with Crippen molar-refractivity contribution in [1.82, 2.24) is 0 Å². The first-order chi connectivity index (χ1) is 9.27. The van der Waals surface area contributed by atoms with Crippen LogP contribution in [-0.4, -0.2) is 30.5 Å². The van der Waals surface area contributed by atoms with Gasteiger partial charge in [-0.2, -0.15) is 0 Å². The zero-order chi connectivity index (χ0) is 15.0. The normalized spacial score (nSPS) is 17.1. The van der Waals surface area contributed by atoms with Crippen molar-refractivity contribution in [3.63, 3.8) is 0 Å². The van der Waals surface area contributed by atoms with Gasteiger partial charge in [-0.3, -0.25) is 4.79 Å². The van der Waals surface area contributed by atoms with E-state index in [0.29, 0.717) is 12.8 Å². The Hall–Kier alpha value is -1.36. The summed E-state index contributed by atoms with van der Waals surface area (Å²) in [5.74, 6) is -0.960. The number of sulfone groups is 1. The van der Waals surface area contributed by atoms with Gasteiger partial charge in [0, 0.05) is 0 Å². The topological polar surface area (TPSA) is 71.4 Å². The summed E-state index contributed by atoms with van der Waals surface area (Å²) in [7, 11) is -3.21. The van der Waals surface area contributed by atoms with Crippen LogP contribution in [0, 0.1) is 5.41 Å². The Balaban J connectivity index is 2.21. The van der Waals surface area contributed by atoms with E-state index in [1.54, 1.807) is 13.8 Å². The number of rotatable bonds is 5. The van der Waals surface area contributed by atoms with Crippen molar-refractivity contribution < 1.29 is 18.3 Å². The van der Waals surface area contributed by atoms with E-state index in [9.17, 15) is 18.3 Å². The fourth-order valence-corrected chi connectivity index (χ4v) is 3.85. The summed E-state index contributed by atoms with van der Waals surface area (Å²) < 4.78 is 23.9. The molecule has 1 N–H and O–H groups in total. The van der Waals surface area contributed by atoms with E-state index in [0.717, 1.165) is 11.1 Å². The van der Waals surface area contributed by atoms with Gasteiger partial charge in [0.2, 0.25) is 0 Å². The van der Waals surface area contributed by atoms with Crippen LogP contribution >= 0.6 is 0 Å². The Morgan fingerprint density at radius 1 is 1.25 bits per heavy atom. The fraction of sp³-hybridized carbons (Fsp3) is 0.533. The molecule has 20 heavy (non-hydrogen) atoms. The highest BCUT2D eigenvalue weighted by molar-refractivity contribution is 7.91. The van der Waals surface area contributed by atoms with Crippen LogP contribution < -0.4 is 0 Å². The molecular formula is C15H20O4S. The zero-order valence-electron chi connectivity index (χ0n) is 11.8. The summed E-state index contributed by atoms with van der Waals surface area (Å²) in [4.78, 5) is 11.7. The molecule has 1 aromatic carbocycles. The lowest BCUT2D eigenvalue weighted by atomic mass is 9.82. The minimum Gasteiger partial charge on any atom is -0.481 e. The predicted molar refractivity (Wildman–Crippen MR) is 77.5 cm³/mol. The Labute approximate surface area is 119 Å². The highest BCUT2D eigenvalue weighted by Gasteiger charge is 2.44. The van der Waals surface area contributed by atoms with Gasteiger partial charge in [-0.25, -0.2) is 8.42 Å².